The molecule has 1 spiro atoms. The highest BCUT2D eigenvalue weighted by Gasteiger charge is 2.70. The Morgan fingerprint density at radius 3 is 2.44 bits per heavy atom. The number of anilines is 2. The molecule has 4 atom stereocenters. The molecule has 0 unspecified atom stereocenters. The van der Waals surface area contributed by atoms with Gasteiger partial charge in [0.25, 0.3) is 0 Å². The van der Waals surface area contributed by atoms with Crippen LogP contribution in [0, 0.1) is 11.3 Å². The van der Waals surface area contributed by atoms with Gasteiger partial charge in [0.2, 0.25) is 5.91 Å². The molecule has 0 aromatic heterocycles. The second kappa shape index (κ2) is 10.8. The maximum Gasteiger partial charge on any atom is 0.238 e. The molecule has 6 nitrogen and oxygen atoms in total. The molecule has 1 N–H and O–H groups in total. The molecule has 3 aromatic carbocycles. The average Bonchev–Trinajstić information content (AvgIpc) is 3.48. The third-order valence-corrected chi connectivity index (χ3v) is 9.44. The van der Waals surface area contributed by atoms with E-state index in [-0.39, 0.29) is 17.5 Å². The van der Waals surface area contributed by atoms with E-state index in [2.05, 4.69) is 12.2 Å². The van der Waals surface area contributed by atoms with Crippen LogP contribution in [0.25, 0.3) is 6.08 Å². The third kappa shape index (κ3) is 4.50. The zero-order valence-electron chi connectivity index (χ0n) is 25.6. The zero-order valence-corrected chi connectivity index (χ0v) is 25.6. The Bertz CT molecular complexity index is 1620. The Balaban J connectivity index is 1.57. The second-order valence-electron chi connectivity index (χ2n) is 13.1. The molecule has 43 heavy (non-hydrogen) atoms. The van der Waals surface area contributed by atoms with Gasteiger partial charge >= 0.3 is 0 Å². The first-order valence-corrected chi connectivity index (χ1v) is 15.4. The van der Waals surface area contributed by atoms with E-state index in [0.717, 1.165) is 42.5 Å². The number of fused-ring (bicyclic) bond motifs is 6. The Morgan fingerprint density at radius 1 is 1.00 bits per heavy atom. The van der Waals surface area contributed by atoms with Gasteiger partial charge in [-0.3, -0.25) is 14.4 Å². The molecule has 222 valence electrons. The van der Waals surface area contributed by atoms with E-state index in [9.17, 15) is 14.4 Å². The predicted octanol–water partition coefficient (Wildman–Crippen LogP) is 7.02. The number of Topliss-reactive ketones (excluding diaryl/α,β-unsaturated/α-hetero) is 2. The maximum atomic E-state index is 14.9. The molecular formula is C37H40N2O4. The number of nitrogens with zero attached hydrogens (tertiary/aromatic N) is 1. The number of unbranched alkanes of at least 4 members (excludes halogenated alkanes) is 2. The summed E-state index contributed by atoms with van der Waals surface area (Å²) in [6, 6.07) is 19.7. The second-order valence-corrected chi connectivity index (χ2v) is 13.1. The number of aryl methyl sites for hydroxylation is 1. The van der Waals surface area contributed by atoms with Crippen LogP contribution in [0.15, 0.2) is 72.8 Å². The summed E-state index contributed by atoms with van der Waals surface area (Å²) >= 11 is 0. The average molecular weight is 577 g/mol. The summed E-state index contributed by atoms with van der Waals surface area (Å²) in [6.07, 6.45) is 8.35. The summed E-state index contributed by atoms with van der Waals surface area (Å²) in [5.74, 6) is -0.753. The van der Waals surface area contributed by atoms with Gasteiger partial charge in [0.1, 0.15) is 17.2 Å². The van der Waals surface area contributed by atoms with E-state index in [1.807, 2.05) is 105 Å². The smallest absolute Gasteiger partial charge is 0.238 e. The van der Waals surface area contributed by atoms with Gasteiger partial charge in [-0.25, -0.2) is 0 Å². The molecule has 1 fully saturated rings. The number of amides is 1. The third-order valence-electron chi connectivity index (χ3n) is 9.44. The number of methoxy groups -OCH3 is 1. The largest absolute Gasteiger partial charge is 0.497 e. The first kappa shape index (κ1) is 28.9. The van der Waals surface area contributed by atoms with Crippen LogP contribution in [0.2, 0.25) is 0 Å². The Labute approximate surface area is 254 Å². The molecule has 3 aliphatic heterocycles. The van der Waals surface area contributed by atoms with Crippen molar-refractivity contribution >= 4 is 34.9 Å². The number of carbonyl (C=O) groups is 3. The number of carbonyl (C=O) groups excluding carboxylic acids is 3. The van der Waals surface area contributed by atoms with Crippen molar-refractivity contribution in [3.63, 3.8) is 0 Å². The minimum absolute atomic E-state index is 0.0711. The fourth-order valence-corrected chi connectivity index (χ4v) is 7.32. The van der Waals surface area contributed by atoms with Gasteiger partial charge < -0.3 is 15.0 Å². The number of para-hydroxylation sites is 1. The van der Waals surface area contributed by atoms with Crippen LogP contribution >= 0.6 is 0 Å². The zero-order chi connectivity index (χ0) is 30.5. The normalized spacial score (nSPS) is 23.5. The number of hydrogen-bond donors (Lipinski definition) is 1. The maximum absolute atomic E-state index is 14.9. The topological polar surface area (TPSA) is 75.7 Å². The van der Waals surface area contributed by atoms with Gasteiger partial charge in [0, 0.05) is 27.9 Å². The summed E-state index contributed by atoms with van der Waals surface area (Å²) < 4.78 is 5.50. The van der Waals surface area contributed by atoms with Gasteiger partial charge in [-0.05, 0) is 48.2 Å². The quantitative estimate of drug-likeness (QED) is 0.231. The van der Waals surface area contributed by atoms with Crippen molar-refractivity contribution in [2.75, 3.05) is 17.3 Å². The van der Waals surface area contributed by atoms with Gasteiger partial charge in [-0.1, -0.05) is 95.2 Å². The minimum Gasteiger partial charge on any atom is -0.497 e. The first-order chi connectivity index (χ1) is 20.6. The number of nitrogens with one attached hydrogen (secondary N) is 1. The number of rotatable bonds is 8. The van der Waals surface area contributed by atoms with E-state index >= 15 is 0 Å². The van der Waals surface area contributed by atoms with Crippen molar-refractivity contribution in [1.29, 1.82) is 0 Å². The van der Waals surface area contributed by atoms with E-state index in [0.29, 0.717) is 17.0 Å². The molecule has 0 aliphatic carbocycles. The Morgan fingerprint density at radius 2 is 1.74 bits per heavy atom. The summed E-state index contributed by atoms with van der Waals surface area (Å²) in [6.45, 7) is 7.85. The summed E-state index contributed by atoms with van der Waals surface area (Å²) in [5, 5.41) is 3.09. The van der Waals surface area contributed by atoms with Crippen LogP contribution in [-0.2, 0) is 21.4 Å². The molecule has 0 saturated carbocycles. The number of ether oxygens (including phenoxy) is 1. The lowest BCUT2D eigenvalue weighted by Gasteiger charge is -2.38. The highest BCUT2D eigenvalue weighted by Crippen LogP contribution is 2.58. The minimum atomic E-state index is -1.30. The van der Waals surface area contributed by atoms with Crippen molar-refractivity contribution in [3.05, 3.63) is 95.1 Å². The van der Waals surface area contributed by atoms with Gasteiger partial charge in [-0.2, -0.15) is 0 Å². The van der Waals surface area contributed by atoms with Gasteiger partial charge in [0.05, 0.1) is 19.1 Å². The number of ketones is 2. The van der Waals surface area contributed by atoms with Crippen LogP contribution in [0.3, 0.4) is 0 Å². The number of hydrogen-bond acceptors (Lipinski definition) is 5. The molecule has 6 rings (SSSR count). The standard InChI is InChI=1S/C37H40N2O4/c1-6-7-8-11-23-14-16-24(17-15-23)33(40)31-32(34(41)36(2,3)4)39-29-20-19-26(43-5)22-25(29)18-21-30(39)37(31)27-12-9-10-13-28(27)38-35(37)42/h9-10,12-22,30-32H,6-8,11H2,1-5H3,(H,38,42)/t30-,31-,32+,37+/m0/s1. The summed E-state index contributed by atoms with van der Waals surface area (Å²) in [4.78, 5) is 46.0. The Kier molecular flexibility index (Phi) is 7.27. The van der Waals surface area contributed by atoms with E-state index < -0.39 is 28.8 Å². The lowest BCUT2D eigenvalue weighted by atomic mass is 9.63. The van der Waals surface area contributed by atoms with Crippen molar-refractivity contribution in [2.45, 2.75) is 70.9 Å². The predicted molar refractivity (Wildman–Crippen MR) is 171 cm³/mol. The van der Waals surface area contributed by atoms with Crippen molar-refractivity contribution in [3.8, 4) is 5.75 Å². The highest BCUT2D eigenvalue weighted by atomic mass is 16.5. The van der Waals surface area contributed by atoms with Crippen molar-refractivity contribution in [1.82, 2.24) is 0 Å². The SMILES string of the molecule is CCCCCc1ccc(C(=O)[C@@H]2[C@H](C(=O)C(C)(C)C)N3c4ccc(OC)cc4C=C[C@H]3[C@@]23C(=O)Nc2ccccc23)cc1. The summed E-state index contributed by atoms with van der Waals surface area (Å²) in [7, 11) is 1.62. The molecule has 1 amide bonds. The van der Waals surface area contributed by atoms with E-state index in [1.54, 1.807) is 7.11 Å². The van der Waals surface area contributed by atoms with Crippen LogP contribution < -0.4 is 15.0 Å². The van der Waals surface area contributed by atoms with Crippen LogP contribution in [0.5, 0.6) is 5.75 Å². The van der Waals surface area contributed by atoms with Crippen molar-refractivity contribution in [2.24, 2.45) is 11.3 Å². The fourth-order valence-electron chi connectivity index (χ4n) is 7.32. The van der Waals surface area contributed by atoms with Gasteiger partial charge in [-0.15, -0.1) is 0 Å². The molecule has 0 radical (unpaired) electrons. The first-order valence-electron chi connectivity index (χ1n) is 15.4. The Hall–Kier alpha value is -4.19. The van der Waals surface area contributed by atoms with Crippen LogP contribution in [0.1, 0.15) is 74.0 Å². The monoisotopic (exact) mass is 576 g/mol. The molecule has 3 heterocycles. The molecule has 0 bridgehead atoms. The molecule has 3 aromatic rings. The van der Waals surface area contributed by atoms with E-state index in [4.69, 9.17) is 4.74 Å². The molecule has 6 heteroatoms. The molecule has 1 saturated heterocycles. The summed E-state index contributed by atoms with van der Waals surface area (Å²) in [5.41, 5.74) is 2.79. The lowest BCUT2D eigenvalue weighted by molar-refractivity contribution is -0.128. The van der Waals surface area contributed by atoms with Crippen LogP contribution in [-0.4, -0.2) is 36.7 Å². The highest BCUT2D eigenvalue weighted by molar-refractivity contribution is 6.17. The molecular weight excluding hydrogens is 536 g/mol. The number of benzene rings is 3. The molecule has 3 aliphatic rings. The van der Waals surface area contributed by atoms with Crippen LogP contribution in [0.4, 0.5) is 11.4 Å². The van der Waals surface area contributed by atoms with E-state index in [1.165, 1.54) is 5.56 Å². The van der Waals surface area contributed by atoms with Gasteiger partial charge in [0.15, 0.2) is 11.6 Å². The fraction of sp³-hybridized carbons (Fsp3) is 0.378. The van der Waals surface area contributed by atoms with Crippen molar-refractivity contribution < 1.29 is 19.1 Å². The lowest BCUT2D eigenvalue weighted by Crippen LogP contribution is -2.51.